The van der Waals surface area contributed by atoms with E-state index in [0.717, 1.165) is 32.1 Å². The second kappa shape index (κ2) is 4.31. The number of imide groups is 1. The van der Waals surface area contributed by atoms with E-state index in [9.17, 15) is 9.59 Å². The summed E-state index contributed by atoms with van der Waals surface area (Å²) in [4.78, 5) is 24.8. The normalized spacial score (nSPS) is 33.3. The minimum absolute atomic E-state index is 0.0201. The van der Waals surface area contributed by atoms with Gasteiger partial charge in [-0.1, -0.05) is 0 Å². The van der Waals surface area contributed by atoms with Crippen LogP contribution in [0.5, 0.6) is 0 Å². The van der Waals surface area contributed by atoms with Crippen LogP contribution in [0.2, 0.25) is 0 Å². The quantitative estimate of drug-likeness (QED) is 0.651. The lowest BCUT2D eigenvalue weighted by Crippen LogP contribution is -2.49. The zero-order valence-corrected chi connectivity index (χ0v) is 8.95. The Kier molecular flexibility index (Phi) is 3.05. The van der Waals surface area contributed by atoms with Gasteiger partial charge in [-0.05, 0) is 32.1 Å². The van der Waals surface area contributed by atoms with Gasteiger partial charge in [0.05, 0.1) is 0 Å². The Morgan fingerprint density at radius 3 is 2.07 bits per heavy atom. The first kappa shape index (κ1) is 10.6. The molecular formula is C11H18N2O2. The molecule has 1 saturated heterocycles. The Labute approximate surface area is 89.8 Å². The molecule has 2 N–H and O–H groups in total. The molecule has 0 aromatic rings. The Morgan fingerprint density at radius 2 is 1.53 bits per heavy atom. The number of hydrogen-bond donors (Lipinski definition) is 1. The molecule has 1 aliphatic heterocycles. The van der Waals surface area contributed by atoms with Crippen molar-refractivity contribution < 1.29 is 9.59 Å². The van der Waals surface area contributed by atoms with E-state index >= 15 is 0 Å². The molecule has 0 unspecified atom stereocenters. The van der Waals surface area contributed by atoms with Gasteiger partial charge >= 0.3 is 0 Å². The number of nitrogens with zero attached hydrogens (tertiary/aromatic N) is 1. The summed E-state index contributed by atoms with van der Waals surface area (Å²) in [5.74, 6) is 0.0402. The highest BCUT2D eigenvalue weighted by molar-refractivity contribution is 5.97. The number of likely N-dealkylation sites (tertiary alicyclic amines) is 1. The number of rotatable bonds is 1. The minimum Gasteiger partial charge on any atom is -0.328 e. The summed E-state index contributed by atoms with van der Waals surface area (Å²) in [6.07, 6.45) is 5.43. The molecule has 2 rings (SSSR count). The van der Waals surface area contributed by atoms with Gasteiger partial charge in [0.1, 0.15) is 0 Å². The van der Waals surface area contributed by atoms with Crippen molar-refractivity contribution in [2.75, 3.05) is 0 Å². The number of nitrogens with two attached hydrogens (primary N) is 1. The van der Waals surface area contributed by atoms with Crippen molar-refractivity contribution in [3.8, 4) is 0 Å². The average Bonchev–Trinajstić information content (AvgIpc) is 2.20. The third-order valence-corrected chi connectivity index (χ3v) is 3.43. The zero-order valence-electron chi connectivity index (χ0n) is 8.95. The summed E-state index contributed by atoms with van der Waals surface area (Å²) in [5, 5.41) is 0. The van der Waals surface area contributed by atoms with Crippen LogP contribution in [0.3, 0.4) is 0 Å². The second-order valence-electron chi connectivity index (χ2n) is 4.58. The van der Waals surface area contributed by atoms with Crippen LogP contribution in [0.25, 0.3) is 0 Å². The number of hydrogen-bond acceptors (Lipinski definition) is 3. The van der Waals surface area contributed by atoms with Crippen LogP contribution in [0.1, 0.15) is 44.9 Å². The van der Waals surface area contributed by atoms with Gasteiger partial charge in [0.25, 0.3) is 0 Å². The molecule has 0 aromatic carbocycles. The molecule has 1 saturated carbocycles. The third kappa shape index (κ3) is 2.20. The van der Waals surface area contributed by atoms with Gasteiger partial charge in [0.15, 0.2) is 0 Å². The molecule has 15 heavy (non-hydrogen) atoms. The smallest absolute Gasteiger partial charge is 0.229 e. The number of amides is 2. The van der Waals surface area contributed by atoms with E-state index < -0.39 is 0 Å². The molecule has 1 heterocycles. The molecule has 2 aliphatic rings. The van der Waals surface area contributed by atoms with E-state index in [1.807, 2.05) is 0 Å². The van der Waals surface area contributed by atoms with Crippen molar-refractivity contribution in [1.82, 2.24) is 4.90 Å². The molecular weight excluding hydrogens is 192 g/mol. The van der Waals surface area contributed by atoms with E-state index in [-0.39, 0.29) is 23.9 Å². The van der Waals surface area contributed by atoms with Crippen LogP contribution >= 0.6 is 0 Å². The molecule has 0 aromatic heterocycles. The summed E-state index contributed by atoms with van der Waals surface area (Å²) >= 11 is 0. The van der Waals surface area contributed by atoms with Crippen LogP contribution in [0, 0.1) is 0 Å². The summed E-state index contributed by atoms with van der Waals surface area (Å²) in [6, 6.07) is 0.390. The SMILES string of the molecule is NC1CCC(N2C(=O)CCCC2=O)CC1. The first-order valence-corrected chi connectivity index (χ1v) is 5.79. The van der Waals surface area contributed by atoms with Crippen molar-refractivity contribution in [3.05, 3.63) is 0 Å². The monoisotopic (exact) mass is 210 g/mol. The van der Waals surface area contributed by atoms with E-state index in [4.69, 9.17) is 5.73 Å². The highest BCUT2D eigenvalue weighted by Crippen LogP contribution is 2.26. The summed E-state index contributed by atoms with van der Waals surface area (Å²) in [5.41, 5.74) is 5.81. The molecule has 4 heteroatoms. The first-order chi connectivity index (χ1) is 7.18. The predicted octanol–water partition coefficient (Wildman–Crippen LogP) is 0.795. The van der Waals surface area contributed by atoms with Crippen LogP contribution in [0.4, 0.5) is 0 Å². The van der Waals surface area contributed by atoms with Crippen molar-refractivity contribution >= 4 is 11.8 Å². The van der Waals surface area contributed by atoms with Crippen molar-refractivity contribution in [3.63, 3.8) is 0 Å². The molecule has 2 amide bonds. The summed E-state index contributed by atoms with van der Waals surface area (Å²) in [6.45, 7) is 0. The number of piperidine rings is 1. The van der Waals surface area contributed by atoms with Crippen LogP contribution in [0.15, 0.2) is 0 Å². The minimum atomic E-state index is 0.0201. The molecule has 0 radical (unpaired) electrons. The number of carbonyl (C=O) groups is 2. The maximum Gasteiger partial charge on any atom is 0.229 e. The van der Waals surface area contributed by atoms with Gasteiger partial charge in [-0.15, -0.1) is 0 Å². The van der Waals surface area contributed by atoms with Gasteiger partial charge in [0.2, 0.25) is 11.8 Å². The fourth-order valence-electron chi connectivity index (χ4n) is 2.54. The van der Waals surface area contributed by atoms with Crippen molar-refractivity contribution in [2.45, 2.75) is 57.0 Å². The number of carbonyl (C=O) groups excluding carboxylic acids is 2. The van der Waals surface area contributed by atoms with Crippen LogP contribution in [-0.2, 0) is 9.59 Å². The Bertz CT molecular complexity index is 254. The highest BCUT2D eigenvalue weighted by Gasteiger charge is 2.34. The van der Waals surface area contributed by atoms with Crippen LogP contribution in [-0.4, -0.2) is 28.8 Å². The summed E-state index contributed by atoms with van der Waals surface area (Å²) < 4.78 is 0. The van der Waals surface area contributed by atoms with Crippen molar-refractivity contribution in [1.29, 1.82) is 0 Å². The lowest BCUT2D eigenvalue weighted by atomic mass is 9.89. The lowest BCUT2D eigenvalue weighted by molar-refractivity contribution is -0.151. The van der Waals surface area contributed by atoms with E-state index in [0.29, 0.717) is 12.8 Å². The molecule has 84 valence electrons. The van der Waals surface area contributed by atoms with Gasteiger partial charge in [-0.25, -0.2) is 0 Å². The Hall–Kier alpha value is -0.900. The third-order valence-electron chi connectivity index (χ3n) is 3.43. The van der Waals surface area contributed by atoms with Gasteiger partial charge in [-0.3, -0.25) is 14.5 Å². The fourth-order valence-corrected chi connectivity index (χ4v) is 2.54. The highest BCUT2D eigenvalue weighted by atomic mass is 16.2. The van der Waals surface area contributed by atoms with Gasteiger partial charge in [-0.2, -0.15) is 0 Å². The summed E-state index contributed by atoms with van der Waals surface area (Å²) in [7, 11) is 0. The Balaban J connectivity index is 2.01. The van der Waals surface area contributed by atoms with E-state index in [1.165, 1.54) is 4.90 Å². The van der Waals surface area contributed by atoms with Crippen molar-refractivity contribution in [2.24, 2.45) is 5.73 Å². The second-order valence-corrected chi connectivity index (χ2v) is 4.58. The van der Waals surface area contributed by atoms with Crippen LogP contribution < -0.4 is 5.73 Å². The standard InChI is InChI=1S/C11H18N2O2/c12-8-4-6-9(7-5-8)13-10(14)2-1-3-11(13)15/h8-9H,1-7,12H2. The molecule has 0 spiro atoms. The molecule has 2 fully saturated rings. The maximum atomic E-state index is 11.7. The zero-order chi connectivity index (χ0) is 10.8. The molecule has 1 aliphatic carbocycles. The first-order valence-electron chi connectivity index (χ1n) is 5.79. The predicted molar refractivity (Wildman–Crippen MR) is 55.9 cm³/mol. The van der Waals surface area contributed by atoms with E-state index in [2.05, 4.69) is 0 Å². The van der Waals surface area contributed by atoms with Gasteiger partial charge < -0.3 is 5.73 Å². The Morgan fingerprint density at radius 1 is 1.00 bits per heavy atom. The lowest BCUT2D eigenvalue weighted by Gasteiger charge is -2.36. The average molecular weight is 210 g/mol. The molecule has 0 bridgehead atoms. The fraction of sp³-hybridized carbons (Fsp3) is 0.818. The maximum absolute atomic E-state index is 11.7. The largest absolute Gasteiger partial charge is 0.328 e. The topological polar surface area (TPSA) is 63.4 Å². The molecule has 0 atom stereocenters. The molecule has 4 nitrogen and oxygen atoms in total. The van der Waals surface area contributed by atoms with Gasteiger partial charge in [0, 0.05) is 24.9 Å². The van der Waals surface area contributed by atoms with E-state index in [1.54, 1.807) is 0 Å².